The number of carbonyl (C=O) groups excluding carboxylic acids is 2. The summed E-state index contributed by atoms with van der Waals surface area (Å²) in [5, 5.41) is 0. The van der Waals surface area contributed by atoms with Crippen molar-refractivity contribution in [3.8, 4) is 0 Å². The van der Waals surface area contributed by atoms with Gasteiger partial charge in [-0.3, -0.25) is 9.59 Å². The Kier molecular flexibility index (Phi) is 4.43. The van der Waals surface area contributed by atoms with Crippen LogP contribution in [0, 0.1) is 0 Å². The van der Waals surface area contributed by atoms with E-state index in [0.29, 0.717) is 5.56 Å². The van der Waals surface area contributed by atoms with Crippen LogP contribution < -0.4 is 0 Å². The molecule has 0 spiro atoms. The molecule has 0 atom stereocenters. The molecule has 0 aliphatic carbocycles. The number of hydrogen-bond acceptors (Lipinski definition) is 3. The summed E-state index contributed by atoms with van der Waals surface area (Å²) in [6.45, 7) is 0. The normalized spacial score (nSPS) is 10.4. The molecule has 1 N–H and O–H groups in total. The van der Waals surface area contributed by atoms with Gasteiger partial charge < -0.3 is 4.98 Å². The van der Waals surface area contributed by atoms with Gasteiger partial charge in [-0.05, 0) is 23.6 Å². The van der Waals surface area contributed by atoms with Gasteiger partial charge in [-0.1, -0.05) is 48.5 Å². The Morgan fingerprint density at radius 1 is 0.913 bits per heavy atom. The van der Waals surface area contributed by atoms with Gasteiger partial charge in [0.2, 0.25) is 5.78 Å². The van der Waals surface area contributed by atoms with Gasteiger partial charge in [0.25, 0.3) is 0 Å². The van der Waals surface area contributed by atoms with Crippen LogP contribution in [0.2, 0.25) is 0 Å². The van der Waals surface area contributed by atoms with Crippen molar-refractivity contribution in [1.82, 2.24) is 9.97 Å². The first kappa shape index (κ1) is 14.9. The third-order valence-corrected chi connectivity index (χ3v) is 3.58. The zero-order valence-electron chi connectivity index (χ0n) is 12.5. The summed E-state index contributed by atoms with van der Waals surface area (Å²) in [6, 6.07) is 17.5. The lowest BCUT2D eigenvalue weighted by Gasteiger charge is -2.05. The number of nitrogens with one attached hydrogen (secondary N) is 1. The van der Waals surface area contributed by atoms with E-state index in [1.54, 1.807) is 12.3 Å². The van der Waals surface area contributed by atoms with E-state index in [1.165, 1.54) is 11.8 Å². The number of imidazole rings is 1. The summed E-state index contributed by atoms with van der Waals surface area (Å²) in [6.07, 6.45) is 3.65. The monoisotopic (exact) mass is 304 g/mol. The van der Waals surface area contributed by atoms with Crippen molar-refractivity contribution in [2.24, 2.45) is 0 Å². The second-order valence-corrected chi connectivity index (χ2v) is 5.32. The SMILES string of the molecule is O=C(CC(=O)c1ncc[nH]1)c1cccc(Cc2ccccc2)c1. The van der Waals surface area contributed by atoms with Crippen molar-refractivity contribution in [3.05, 3.63) is 89.5 Å². The van der Waals surface area contributed by atoms with Gasteiger partial charge in [-0.25, -0.2) is 4.98 Å². The molecule has 0 aliphatic heterocycles. The van der Waals surface area contributed by atoms with Crippen LogP contribution in [0.15, 0.2) is 67.0 Å². The van der Waals surface area contributed by atoms with Crippen LogP contribution in [0.5, 0.6) is 0 Å². The van der Waals surface area contributed by atoms with Crippen LogP contribution in [0.25, 0.3) is 0 Å². The van der Waals surface area contributed by atoms with E-state index in [1.807, 2.05) is 36.4 Å². The molecule has 0 fully saturated rings. The fourth-order valence-electron chi connectivity index (χ4n) is 2.44. The van der Waals surface area contributed by atoms with E-state index >= 15 is 0 Å². The average molecular weight is 304 g/mol. The van der Waals surface area contributed by atoms with Gasteiger partial charge in [-0.15, -0.1) is 0 Å². The molecule has 114 valence electrons. The Hall–Kier alpha value is -3.01. The number of hydrogen-bond donors (Lipinski definition) is 1. The van der Waals surface area contributed by atoms with E-state index in [9.17, 15) is 9.59 Å². The van der Waals surface area contributed by atoms with Crippen LogP contribution in [0.4, 0.5) is 0 Å². The average Bonchev–Trinajstić information content (AvgIpc) is 3.10. The van der Waals surface area contributed by atoms with Gasteiger partial charge >= 0.3 is 0 Å². The molecule has 1 heterocycles. The number of ketones is 2. The molecular weight excluding hydrogens is 288 g/mol. The van der Waals surface area contributed by atoms with E-state index < -0.39 is 0 Å². The standard InChI is InChI=1S/C19H16N2O2/c22-17(13-18(23)19-20-9-10-21-19)16-8-4-7-15(12-16)11-14-5-2-1-3-6-14/h1-10,12H,11,13H2,(H,20,21). The van der Waals surface area contributed by atoms with E-state index in [2.05, 4.69) is 22.1 Å². The minimum atomic E-state index is -0.298. The fraction of sp³-hybridized carbons (Fsp3) is 0.105. The van der Waals surface area contributed by atoms with Crippen LogP contribution in [-0.4, -0.2) is 21.5 Å². The number of aromatic amines is 1. The largest absolute Gasteiger partial charge is 0.342 e. The topological polar surface area (TPSA) is 62.8 Å². The number of aromatic nitrogens is 2. The first-order chi connectivity index (χ1) is 11.2. The fourth-order valence-corrected chi connectivity index (χ4v) is 2.44. The van der Waals surface area contributed by atoms with Gasteiger partial charge in [0.1, 0.15) is 0 Å². The highest BCUT2D eigenvalue weighted by atomic mass is 16.1. The van der Waals surface area contributed by atoms with Crippen molar-refractivity contribution >= 4 is 11.6 Å². The Morgan fingerprint density at radius 3 is 2.43 bits per heavy atom. The molecule has 3 rings (SSSR count). The molecule has 0 radical (unpaired) electrons. The lowest BCUT2D eigenvalue weighted by Crippen LogP contribution is -2.10. The molecule has 2 aromatic carbocycles. The number of rotatable bonds is 6. The number of carbonyl (C=O) groups is 2. The Balaban J connectivity index is 1.71. The number of benzene rings is 2. The smallest absolute Gasteiger partial charge is 0.205 e. The second kappa shape index (κ2) is 6.83. The van der Waals surface area contributed by atoms with E-state index in [-0.39, 0.29) is 23.8 Å². The first-order valence-electron chi connectivity index (χ1n) is 7.41. The Morgan fingerprint density at radius 2 is 1.70 bits per heavy atom. The number of Topliss-reactive ketones (excluding diaryl/α,β-unsaturated/α-hetero) is 2. The predicted molar refractivity (Wildman–Crippen MR) is 87.6 cm³/mol. The van der Waals surface area contributed by atoms with E-state index in [4.69, 9.17) is 0 Å². The van der Waals surface area contributed by atoms with Crippen molar-refractivity contribution in [2.75, 3.05) is 0 Å². The Bertz CT molecular complexity index is 808. The summed E-state index contributed by atoms with van der Waals surface area (Å²) >= 11 is 0. The number of nitrogens with zero attached hydrogens (tertiary/aromatic N) is 1. The summed E-state index contributed by atoms with van der Waals surface area (Å²) < 4.78 is 0. The van der Waals surface area contributed by atoms with Crippen LogP contribution >= 0.6 is 0 Å². The minimum absolute atomic E-state index is 0.178. The predicted octanol–water partition coefficient (Wildman–Crippen LogP) is 3.46. The molecule has 4 nitrogen and oxygen atoms in total. The first-order valence-corrected chi connectivity index (χ1v) is 7.41. The second-order valence-electron chi connectivity index (χ2n) is 5.32. The van der Waals surface area contributed by atoms with Crippen molar-refractivity contribution in [1.29, 1.82) is 0 Å². The maximum atomic E-state index is 12.3. The molecule has 0 saturated heterocycles. The summed E-state index contributed by atoms with van der Waals surface area (Å²) in [4.78, 5) is 30.8. The van der Waals surface area contributed by atoms with Crippen LogP contribution in [-0.2, 0) is 6.42 Å². The molecule has 0 bridgehead atoms. The van der Waals surface area contributed by atoms with Gasteiger partial charge in [0.05, 0.1) is 6.42 Å². The van der Waals surface area contributed by atoms with Crippen molar-refractivity contribution < 1.29 is 9.59 Å². The highest BCUT2D eigenvalue weighted by Gasteiger charge is 2.15. The zero-order chi connectivity index (χ0) is 16.1. The molecule has 3 aromatic rings. The molecule has 1 aromatic heterocycles. The molecule has 0 amide bonds. The molecule has 0 unspecified atom stereocenters. The summed E-state index contributed by atoms with van der Waals surface area (Å²) in [5.41, 5.74) is 2.79. The van der Waals surface area contributed by atoms with Gasteiger partial charge in [0.15, 0.2) is 11.6 Å². The lowest BCUT2D eigenvalue weighted by atomic mass is 9.99. The van der Waals surface area contributed by atoms with Crippen LogP contribution in [0.1, 0.15) is 38.5 Å². The van der Waals surface area contributed by atoms with E-state index in [0.717, 1.165) is 12.0 Å². The quantitative estimate of drug-likeness (QED) is 0.560. The molecule has 4 heteroatoms. The van der Waals surface area contributed by atoms with Crippen molar-refractivity contribution in [3.63, 3.8) is 0 Å². The maximum absolute atomic E-state index is 12.3. The van der Waals surface area contributed by atoms with Gasteiger partial charge in [-0.2, -0.15) is 0 Å². The maximum Gasteiger partial charge on any atom is 0.205 e. The third-order valence-electron chi connectivity index (χ3n) is 3.58. The Labute approximate surface area is 134 Å². The molecule has 0 aliphatic rings. The molecule has 0 saturated carbocycles. The summed E-state index contributed by atoms with van der Waals surface area (Å²) in [5.74, 6) is -0.270. The highest BCUT2D eigenvalue weighted by Crippen LogP contribution is 2.13. The van der Waals surface area contributed by atoms with Crippen molar-refractivity contribution in [2.45, 2.75) is 12.8 Å². The lowest BCUT2D eigenvalue weighted by molar-refractivity contribution is 0.0889. The zero-order valence-corrected chi connectivity index (χ0v) is 12.5. The van der Waals surface area contributed by atoms with Crippen LogP contribution in [0.3, 0.4) is 0 Å². The highest BCUT2D eigenvalue weighted by molar-refractivity contribution is 6.12. The van der Waals surface area contributed by atoms with Gasteiger partial charge in [0, 0.05) is 18.0 Å². The molecular formula is C19H16N2O2. The summed E-state index contributed by atoms with van der Waals surface area (Å²) in [7, 11) is 0. The number of H-pyrrole nitrogens is 1. The third kappa shape index (κ3) is 3.80. The molecule has 23 heavy (non-hydrogen) atoms. The minimum Gasteiger partial charge on any atom is -0.342 e.